The van der Waals surface area contributed by atoms with E-state index in [0.717, 1.165) is 17.9 Å². The minimum absolute atomic E-state index is 0.211. The zero-order chi connectivity index (χ0) is 15.0. The minimum Gasteiger partial charge on any atom is -0.497 e. The smallest absolute Gasteiger partial charge is 0.126 e. The molecule has 1 fully saturated rings. The van der Waals surface area contributed by atoms with Gasteiger partial charge in [0.15, 0.2) is 0 Å². The first kappa shape index (κ1) is 14.5. The van der Waals surface area contributed by atoms with Gasteiger partial charge in [-0.3, -0.25) is 0 Å². The molecule has 0 radical (unpaired) electrons. The monoisotopic (exact) mass is 286 g/mol. The van der Waals surface area contributed by atoms with Crippen LogP contribution in [0.5, 0.6) is 11.5 Å². The van der Waals surface area contributed by atoms with E-state index in [1.54, 1.807) is 14.2 Å². The van der Waals surface area contributed by atoms with Crippen molar-refractivity contribution >= 4 is 0 Å². The van der Waals surface area contributed by atoms with Crippen LogP contribution in [-0.2, 0) is 11.8 Å². The molecule has 1 aromatic carbocycles. The van der Waals surface area contributed by atoms with E-state index in [1.165, 1.54) is 36.8 Å². The van der Waals surface area contributed by atoms with Gasteiger partial charge in [0.05, 0.1) is 14.2 Å². The first-order valence-corrected chi connectivity index (χ1v) is 8.02. The fourth-order valence-electron chi connectivity index (χ4n) is 4.77. The molecule has 0 aromatic heterocycles. The quantitative estimate of drug-likeness (QED) is 0.761. The van der Waals surface area contributed by atoms with Gasteiger partial charge in [-0.1, -0.05) is 19.4 Å². The zero-order valence-electron chi connectivity index (χ0n) is 13.4. The lowest BCUT2D eigenvalue weighted by molar-refractivity contribution is 0.130. The van der Waals surface area contributed by atoms with Crippen molar-refractivity contribution in [3.8, 4) is 11.5 Å². The number of hydrogen-bond acceptors (Lipinski definition) is 2. The highest BCUT2D eigenvalue weighted by molar-refractivity contribution is 5.52. The molecule has 2 aliphatic carbocycles. The molecule has 0 unspecified atom stereocenters. The van der Waals surface area contributed by atoms with Crippen LogP contribution in [-0.4, -0.2) is 14.2 Å². The summed E-state index contributed by atoms with van der Waals surface area (Å²) in [4.78, 5) is 0. The van der Waals surface area contributed by atoms with Gasteiger partial charge in [0, 0.05) is 11.6 Å². The van der Waals surface area contributed by atoms with Crippen molar-refractivity contribution in [2.45, 2.75) is 44.4 Å². The Hall–Kier alpha value is -1.44. The second-order valence-electron chi connectivity index (χ2n) is 6.72. The summed E-state index contributed by atoms with van der Waals surface area (Å²) in [5.74, 6) is 3.24. The van der Waals surface area contributed by atoms with E-state index >= 15 is 0 Å². The SMILES string of the molecule is C=C[C@@H]1CCC[C@]2(C)c3c(cc(OC)cc3OC)CC[C@@H]12. The summed E-state index contributed by atoms with van der Waals surface area (Å²) in [6.07, 6.45) is 8.36. The van der Waals surface area contributed by atoms with Crippen LogP contribution in [0, 0.1) is 11.8 Å². The maximum Gasteiger partial charge on any atom is 0.126 e. The molecule has 0 heterocycles. The molecule has 2 aliphatic rings. The van der Waals surface area contributed by atoms with Crippen molar-refractivity contribution in [1.82, 2.24) is 0 Å². The number of benzene rings is 1. The number of methoxy groups -OCH3 is 2. The normalized spacial score (nSPS) is 31.0. The topological polar surface area (TPSA) is 18.5 Å². The molecule has 114 valence electrons. The Kier molecular flexibility index (Phi) is 3.73. The molecule has 0 aliphatic heterocycles. The molecule has 2 nitrogen and oxygen atoms in total. The second-order valence-corrected chi connectivity index (χ2v) is 6.72. The van der Waals surface area contributed by atoms with Gasteiger partial charge in [0.25, 0.3) is 0 Å². The lowest BCUT2D eigenvalue weighted by Gasteiger charge is -2.50. The highest BCUT2D eigenvalue weighted by Crippen LogP contribution is 2.55. The number of aryl methyl sites for hydroxylation is 1. The molecule has 1 aromatic rings. The Bertz CT molecular complexity index is 531. The third-order valence-electron chi connectivity index (χ3n) is 5.78. The van der Waals surface area contributed by atoms with E-state index in [2.05, 4.69) is 25.6 Å². The van der Waals surface area contributed by atoms with Crippen LogP contribution in [0.3, 0.4) is 0 Å². The van der Waals surface area contributed by atoms with Crippen molar-refractivity contribution in [3.63, 3.8) is 0 Å². The van der Waals surface area contributed by atoms with Crippen LogP contribution in [0.1, 0.15) is 43.7 Å². The molecule has 3 atom stereocenters. The van der Waals surface area contributed by atoms with Crippen molar-refractivity contribution in [2.75, 3.05) is 14.2 Å². The van der Waals surface area contributed by atoms with E-state index < -0.39 is 0 Å². The number of hydrogen-bond donors (Lipinski definition) is 0. The van der Waals surface area contributed by atoms with E-state index in [1.807, 2.05) is 6.07 Å². The first-order valence-electron chi connectivity index (χ1n) is 8.02. The third kappa shape index (κ3) is 2.16. The second kappa shape index (κ2) is 5.40. The summed E-state index contributed by atoms with van der Waals surface area (Å²) in [5, 5.41) is 0. The van der Waals surface area contributed by atoms with Crippen molar-refractivity contribution in [2.24, 2.45) is 11.8 Å². The Morgan fingerprint density at radius 1 is 1.24 bits per heavy atom. The van der Waals surface area contributed by atoms with Crippen LogP contribution in [0.15, 0.2) is 24.8 Å². The molecule has 3 rings (SSSR count). The fraction of sp³-hybridized carbons (Fsp3) is 0.579. The maximum absolute atomic E-state index is 5.73. The lowest BCUT2D eigenvalue weighted by atomic mass is 9.54. The van der Waals surface area contributed by atoms with Gasteiger partial charge in [-0.15, -0.1) is 6.58 Å². The summed E-state index contributed by atoms with van der Waals surface area (Å²) >= 11 is 0. The van der Waals surface area contributed by atoms with Crippen LogP contribution in [0.2, 0.25) is 0 Å². The Morgan fingerprint density at radius 2 is 2.05 bits per heavy atom. The average Bonchev–Trinajstić information content (AvgIpc) is 2.52. The Balaban J connectivity index is 2.14. The largest absolute Gasteiger partial charge is 0.497 e. The summed E-state index contributed by atoms with van der Waals surface area (Å²) < 4.78 is 11.2. The third-order valence-corrected chi connectivity index (χ3v) is 5.78. The van der Waals surface area contributed by atoms with Gasteiger partial charge in [-0.05, 0) is 54.6 Å². The van der Waals surface area contributed by atoms with E-state index in [0.29, 0.717) is 11.8 Å². The highest BCUT2D eigenvalue weighted by Gasteiger charge is 2.47. The van der Waals surface area contributed by atoms with Gasteiger partial charge < -0.3 is 9.47 Å². The molecule has 2 heteroatoms. The molecule has 0 saturated heterocycles. The number of rotatable bonds is 3. The molecule has 0 amide bonds. The predicted molar refractivity (Wildman–Crippen MR) is 86.2 cm³/mol. The van der Waals surface area contributed by atoms with E-state index in [4.69, 9.17) is 9.47 Å². The highest BCUT2D eigenvalue weighted by atomic mass is 16.5. The minimum atomic E-state index is 0.211. The summed E-state index contributed by atoms with van der Waals surface area (Å²) in [5.41, 5.74) is 3.05. The maximum atomic E-state index is 5.73. The van der Waals surface area contributed by atoms with Crippen molar-refractivity contribution in [3.05, 3.63) is 35.9 Å². The lowest BCUT2D eigenvalue weighted by Crippen LogP contribution is -2.43. The van der Waals surface area contributed by atoms with Gasteiger partial charge in [-0.25, -0.2) is 0 Å². The predicted octanol–water partition coefficient (Wildman–Crippen LogP) is 4.51. The Morgan fingerprint density at radius 3 is 2.71 bits per heavy atom. The number of allylic oxidation sites excluding steroid dienone is 1. The molecule has 21 heavy (non-hydrogen) atoms. The van der Waals surface area contributed by atoms with Crippen molar-refractivity contribution in [1.29, 1.82) is 0 Å². The molecule has 0 N–H and O–H groups in total. The van der Waals surface area contributed by atoms with Crippen LogP contribution >= 0.6 is 0 Å². The van der Waals surface area contributed by atoms with Gasteiger partial charge in [0.2, 0.25) is 0 Å². The summed E-state index contributed by atoms with van der Waals surface area (Å²) in [6, 6.07) is 4.25. The fourth-order valence-corrected chi connectivity index (χ4v) is 4.77. The molecular weight excluding hydrogens is 260 g/mol. The van der Waals surface area contributed by atoms with Crippen LogP contribution in [0.25, 0.3) is 0 Å². The van der Waals surface area contributed by atoms with Gasteiger partial charge in [0.1, 0.15) is 11.5 Å². The van der Waals surface area contributed by atoms with E-state index in [-0.39, 0.29) is 5.41 Å². The van der Waals surface area contributed by atoms with Gasteiger partial charge in [-0.2, -0.15) is 0 Å². The average molecular weight is 286 g/mol. The molecule has 1 saturated carbocycles. The zero-order valence-corrected chi connectivity index (χ0v) is 13.4. The molecule has 0 bridgehead atoms. The molecular formula is C19H26O2. The summed E-state index contributed by atoms with van der Waals surface area (Å²) in [6.45, 7) is 6.51. The number of fused-ring (bicyclic) bond motifs is 3. The van der Waals surface area contributed by atoms with E-state index in [9.17, 15) is 0 Å². The van der Waals surface area contributed by atoms with Gasteiger partial charge >= 0.3 is 0 Å². The summed E-state index contributed by atoms with van der Waals surface area (Å²) in [7, 11) is 3.50. The van der Waals surface area contributed by atoms with Crippen LogP contribution in [0.4, 0.5) is 0 Å². The standard InChI is InChI=1S/C19H26O2/c1-5-13-7-6-10-19(2)16(13)9-8-14-11-15(20-3)12-17(21-4)18(14)19/h5,11-13,16H,1,6-10H2,2-4H3/t13-,16+,19+/m1/s1. The number of ether oxygens (including phenoxy) is 2. The Labute approximate surface area is 128 Å². The van der Waals surface area contributed by atoms with Crippen molar-refractivity contribution < 1.29 is 9.47 Å². The van der Waals surface area contributed by atoms with Crippen LogP contribution < -0.4 is 9.47 Å². The molecule has 0 spiro atoms. The first-order chi connectivity index (χ1) is 10.1.